The monoisotopic (exact) mass is 266 g/mol. The number of ether oxygens (including phenoxy) is 1. The number of nitrogens with zero attached hydrogens (tertiary/aromatic N) is 1. The molecule has 0 heterocycles. The molecule has 0 aromatic heterocycles. The highest BCUT2D eigenvalue weighted by molar-refractivity contribution is 5.94. The van der Waals surface area contributed by atoms with E-state index < -0.39 is 16.8 Å². The number of carbonyl (C=O) groups excluding carboxylic acids is 2. The van der Waals surface area contributed by atoms with Crippen molar-refractivity contribution in [3.63, 3.8) is 0 Å². The number of benzene rings is 1. The van der Waals surface area contributed by atoms with Gasteiger partial charge < -0.3 is 10.1 Å². The third-order valence-electron chi connectivity index (χ3n) is 2.41. The molecule has 1 amide bonds. The number of amides is 1. The number of anilines is 1. The molecule has 0 radical (unpaired) electrons. The first-order valence-electron chi connectivity index (χ1n) is 5.55. The lowest BCUT2D eigenvalue weighted by molar-refractivity contribution is -0.384. The van der Waals surface area contributed by atoms with Gasteiger partial charge in [0.15, 0.2) is 0 Å². The highest BCUT2D eigenvalue weighted by atomic mass is 16.6. The predicted octanol–water partition coefficient (Wildman–Crippen LogP) is 1.79. The van der Waals surface area contributed by atoms with Crippen LogP contribution in [0.1, 0.15) is 18.4 Å². The second-order valence-electron chi connectivity index (χ2n) is 3.90. The van der Waals surface area contributed by atoms with Crippen molar-refractivity contribution in [3.8, 4) is 0 Å². The molecule has 0 fully saturated rings. The van der Waals surface area contributed by atoms with Crippen molar-refractivity contribution in [2.24, 2.45) is 0 Å². The molecule has 102 valence electrons. The molecule has 0 bridgehead atoms. The Morgan fingerprint density at radius 1 is 1.37 bits per heavy atom. The van der Waals surface area contributed by atoms with Crippen LogP contribution in [0.25, 0.3) is 0 Å². The van der Waals surface area contributed by atoms with Crippen molar-refractivity contribution in [2.45, 2.75) is 19.8 Å². The van der Waals surface area contributed by atoms with Gasteiger partial charge in [-0.1, -0.05) is 6.07 Å². The van der Waals surface area contributed by atoms with Crippen LogP contribution in [0.5, 0.6) is 0 Å². The van der Waals surface area contributed by atoms with Crippen LogP contribution in [-0.4, -0.2) is 23.9 Å². The van der Waals surface area contributed by atoms with E-state index in [9.17, 15) is 19.7 Å². The fraction of sp³-hybridized carbons (Fsp3) is 0.333. The van der Waals surface area contributed by atoms with Crippen LogP contribution in [-0.2, 0) is 14.3 Å². The van der Waals surface area contributed by atoms with Gasteiger partial charge in [0.1, 0.15) is 5.69 Å². The van der Waals surface area contributed by atoms with Gasteiger partial charge in [-0.05, 0) is 18.6 Å². The normalized spacial score (nSPS) is 9.79. The Morgan fingerprint density at radius 2 is 2.05 bits per heavy atom. The molecule has 0 saturated heterocycles. The molecular weight excluding hydrogens is 252 g/mol. The average Bonchev–Trinajstić information content (AvgIpc) is 2.37. The largest absolute Gasteiger partial charge is 0.469 e. The Morgan fingerprint density at radius 3 is 2.63 bits per heavy atom. The van der Waals surface area contributed by atoms with E-state index >= 15 is 0 Å². The topological polar surface area (TPSA) is 98.5 Å². The molecule has 0 unspecified atom stereocenters. The van der Waals surface area contributed by atoms with Crippen molar-refractivity contribution in [3.05, 3.63) is 33.9 Å². The summed E-state index contributed by atoms with van der Waals surface area (Å²) in [7, 11) is 1.23. The van der Waals surface area contributed by atoms with Crippen molar-refractivity contribution >= 4 is 23.3 Å². The third-order valence-corrected chi connectivity index (χ3v) is 2.41. The summed E-state index contributed by atoms with van der Waals surface area (Å²) in [6, 6.07) is 4.49. The lowest BCUT2D eigenvalue weighted by Gasteiger charge is -2.06. The fourth-order valence-corrected chi connectivity index (χ4v) is 1.43. The number of nitro groups is 1. The van der Waals surface area contributed by atoms with Gasteiger partial charge in [-0.25, -0.2) is 0 Å². The molecule has 1 N–H and O–H groups in total. The second-order valence-corrected chi connectivity index (χ2v) is 3.90. The van der Waals surface area contributed by atoms with Crippen LogP contribution in [0, 0.1) is 17.0 Å². The minimum atomic E-state index is -0.567. The first kappa shape index (κ1) is 14.6. The standard InChI is InChI=1S/C12H14N2O5/c1-8-3-4-9(10(7-8)14(17)18)13-11(15)5-6-12(16)19-2/h3-4,7H,5-6H2,1-2H3,(H,13,15). The first-order valence-corrected chi connectivity index (χ1v) is 5.55. The highest BCUT2D eigenvalue weighted by Gasteiger charge is 2.16. The molecular formula is C12H14N2O5. The molecule has 0 aliphatic carbocycles. The van der Waals surface area contributed by atoms with Gasteiger partial charge in [-0.15, -0.1) is 0 Å². The molecule has 1 rings (SSSR count). The van der Waals surface area contributed by atoms with E-state index in [4.69, 9.17) is 0 Å². The minimum absolute atomic E-state index is 0.0675. The number of aryl methyl sites for hydroxylation is 1. The molecule has 0 saturated carbocycles. The van der Waals surface area contributed by atoms with Crippen LogP contribution >= 0.6 is 0 Å². The quantitative estimate of drug-likeness (QED) is 0.497. The van der Waals surface area contributed by atoms with Gasteiger partial charge in [0.05, 0.1) is 18.5 Å². The van der Waals surface area contributed by atoms with E-state index in [0.29, 0.717) is 0 Å². The third kappa shape index (κ3) is 4.38. The van der Waals surface area contributed by atoms with E-state index in [1.165, 1.54) is 19.2 Å². The lowest BCUT2D eigenvalue weighted by Crippen LogP contribution is -2.14. The molecule has 0 aliphatic rings. The number of rotatable bonds is 5. The fourth-order valence-electron chi connectivity index (χ4n) is 1.43. The van der Waals surface area contributed by atoms with Crippen LogP contribution in [0.4, 0.5) is 11.4 Å². The number of methoxy groups -OCH3 is 1. The summed E-state index contributed by atoms with van der Waals surface area (Å²) < 4.78 is 4.40. The Bertz CT molecular complexity index is 513. The van der Waals surface area contributed by atoms with Crippen molar-refractivity contribution in [2.75, 3.05) is 12.4 Å². The SMILES string of the molecule is COC(=O)CCC(=O)Nc1ccc(C)cc1[N+](=O)[O-]. The van der Waals surface area contributed by atoms with Crippen molar-refractivity contribution < 1.29 is 19.2 Å². The predicted molar refractivity (Wildman–Crippen MR) is 67.7 cm³/mol. The van der Waals surface area contributed by atoms with Crippen LogP contribution < -0.4 is 5.32 Å². The van der Waals surface area contributed by atoms with E-state index in [1.54, 1.807) is 13.0 Å². The Hall–Kier alpha value is -2.44. The van der Waals surface area contributed by atoms with Crippen molar-refractivity contribution in [1.29, 1.82) is 0 Å². The number of nitrogens with one attached hydrogen (secondary N) is 1. The van der Waals surface area contributed by atoms with Gasteiger partial charge in [0.2, 0.25) is 5.91 Å². The molecule has 0 spiro atoms. The minimum Gasteiger partial charge on any atom is -0.469 e. The first-order chi connectivity index (χ1) is 8.93. The summed E-state index contributed by atoms with van der Waals surface area (Å²) in [5, 5.41) is 13.3. The summed E-state index contributed by atoms with van der Waals surface area (Å²) >= 11 is 0. The molecule has 0 aliphatic heterocycles. The van der Waals surface area contributed by atoms with Gasteiger partial charge in [0, 0.05) is 12.5 Å². The smallest absolute Gasteiger partial charge is 0.306 e. The summed E-state index contributed by atoms with van der Waals surface area (Å²) in [5.41, 5.74) is 0.663. The molecule has 7 heteroatoms. The summed E-state index contributed by atoms with van der Waals surface area (Å²) in [6.45, 7) is 1.72. The van der Waals surface area contributed by atoms with E-state index in [0.717, 1.165) is 5.56 Å². The van der Waals surface area contributed by atoms with Gasteiger partial charge in [0.25, 0.3) is 5.69 Å². The maximum Gasteiger partial charge on any atom is 0.306 e. The second kappa shape index (κ2) is 6.48. The summed E-state index contributed by atoms with van der Waals surface area (Å²) in [6.07, 6.45) is -0.153. The number of hydrogen-bond donors (Lipinski definition) is 1. The number of hydrogen-bond acceptors (Lipinski definition) is 5. The molecule has 19 heavy (non-hydrogen) atoms. The van der Waals surface area contributed by atoms with E-state index in [2.05, 4.69) is 10.1 Å². The zero-order valence-electron chi connectivity index (χ0n) is 10.6. The molecule has 1 aromatic carbocycles. The zero-order valence-corrected chi connectivity index (χ0v) is 10.6. The van der Waals surface area contributed by atoms with Crippen LogP contribution in [0.2, 0.25) is 0 Å². The number of esters is 1. The highest BCUT2D eigenvalue weighted by Crippen LogP contribution is 2.25. The number of nitro benzene ring substituents is 1. The summed E-state index contributed by atoms with van der Waals surface area (Å²) in [4.78, 5) is 32.7. The average molecular weight is 266 g/mol. The Labute approximate surface area is 109 Å². The van der Waals surface area contributed by atoms with Crippen LogP contribution in [0.15, 0.2) is 18.2 Å². The van der Waals surface area contributed by atoms with E-state index in [1.807, 2.05) is 0 Å². The summed E-state index contributed by atoms with van der Waals surface area (Å²) in [5.74, 6) is -0.981. The van der Waals surface area contributed by atoms with Gasteiger partial charge in [-0.2, -0.15) is 0 Å². The number of carbonyl (C=O) groups is 2. The zero-order chi connectivity index (χ0) is 14.4. The Kier molecular flexibility index (Phi) is 4.99. The molecule has 7 nitrogen and oxygen atoms in total. The Balaban J connectivity index is 2.74. The van der Waals surface area contributed by atoms with Gasteiger partial charge in [-0.3, -0.25) is 19.7 Å². The van der Waals surface area contributed by atoms with Crippen LogP contribution in [0.3, 0.4) is 0 Å². The van der Waals surface area contributed by atoms with Crippen molar-refractivity contribution in [1.82, 2.24) is 0 Å². The van der Waals surface area contributed by atoms with Gasteiger partial charge >= 0.3 is 5.97 Å². The molecule has 1 aromatic rings. The maximum absolute atomic E-state index is 11.6. The van der Waals surface area contributed by atoms with E-state index in [-0.39, 0.29) is 24.2 Å². The lowest BCUT2D eigenvalue weighted by atomic mass is 10.2. The maximum atomic E-state index is 11.6. The molecule has 0 atom stereocenters.